The molecule has 0 bridgehead atoms. The van der Waals surface area contributed by atoms with Gasteiger partial charge in [-0.05, 0) is 57.1 Å². The number of nitrogen functional groups attached to an aromatic ring is 1. The van der Waals surface area contributed by atoms with Crippen LogP contribution in [0, 0.1) is 0 Å². The molecule has 0 atom stereocenters. The zero-order valence-electron chi connectivity index (χ0n) is 21.4. The van der Waals surface area contributed by atoms with E-state index < -0.39 is 0 Å². The predicted octanol–water partition coefficient (Wildman–Crippen LogP) is 4.24. The van der Waals surface area contributed by atoms with E-state index in [1.807, 2.05) is 64.7 Å². The van der Waals surface area contributed by atoms with Crippen LogP contribution in [0.15, 0.2) is 54.9 Å². The summed E-state index contributed by atoms with van der Waals surface area (Å²) < 4.78 is 9.69. The molecular formula is C28H30N8O2. The molecule has 10 nitrogen and oxygen atoms in total. The van der Waals surface area contributed by atoms with Crippen LogP contribution in [0.4, 0.5) is 11.5 Å². The third kappa shape index (κ3) is 4.03. The highest BCUT2D eigenvalue weighted by molar-refractivity contribution is 6.07. The summed E-state index contributed by atoms with van der Waals surface area (Å²) in [6.07, 6.45) is 3.40. The first-order valence-corrected chi connectivity index (χ1v) is 12.9. The molecule has 1 aliphatic rings. The number of anilines is 2. The maximum Gasteiger partial charge on any atom is 0.272 e. The number of rotatable bonds is 6. The molecule has 1 fully saturated rings. The predicted molar refractivity (Wildman–Crippen MR) is 148 cm³/mol. The topological polar surface area (TPSA) is 125 Å². The number of amides is 1. The van der Waals surface area contributed by atoms with Crippen LogP contribution in [0.2, 0.25) is 0 Å². The highest BCUT2D eigenvalue weighted by atomic mass is 16.5. The van der Waals surface area contributed by atoms with Gasteiger partial charge >= 0.3 is 0 Å². The number of benzene rings is 2. The molecule has 38 heavy (non-hydrogen) atoms. The number of aromatic nitrogens is 5. The summed E-state index contributed by atoms with van der Waals surface area (Å²) in [5, 5.41) is 13.1. The van der Waals surface area contributed by atoms with Crippen molar-refractivity contribution in [1.29, 1.82) is 0 Å². The second kappa shape index (κ2) is 9.79. The lowest BCUT2D eigenvalue weighted by Crippen LogP contribution is -2.30. The maximum absolute atomic E-state index is 13.3. The summed E-state index contributed by atoms with van der Waals surface area (Å²) in [5.41, 5.74) is 10.7. The van der Waals surface area contributed by atoms with Crippen molar-refractivity contribution in [3.05, 3.63) is 60.6 Å². The number of nitrogens with one attached hydrogen (secondary N) is 2. The van der Waals surface area contributed by atoms with Gasteiger partial charge in [-0.2, -0.15) is 5.10 Å². The lowest BCUT2D eigenvalue weighted by Gasteiger charge is -2.23. The molecule has 4 heterocycles. The fourth-order valence-corrected chi connectivity index (χ4v) is 5.37. The Kier molecular flexibility index (Phi) is 6.16. The normalized spacial score (nSPS) is 14.3. The van der Waals surface area contributed by atoms with Gasteiger partial charge in [0, 0.05) is 23.0 Å². The summed E-state index contributed by atoms with van der Waals surface area (Å²) in [4.78, 5) is 22.1. The van der Waals surface area contributed by atoms with Crippen LogP contribution < -0.4 is 21.1 Å². The number of carbonyl (C=O) groups excluding carboxylic acids is 1. The van der Waals surface area contributed by atoms with Crippen LogP contribution in [-0.2, 0) is 6.54 Å². The van der Waals surface area contributed by atoms with Crippen molar-refractivity contribution in [1.82, 2.24) is 29.6 Å². The van der Waals surface area contributed by atoms with Crippen molar-refractivity contribution >= 4 is 39.3 Å². The van der Waals surface area contributed by atoms with Gasteiger partial charge in [-0.1, -0.05) is 24.3 Å². The Labute approximate surface area is 219 Å². The Balaban J connectivity index is 1.37. The number of ether oxygens (including phenoxy) is 1. The number of nitrogens with zero attached hydrogens (tertiary/aromatic N) is 5. The first-order valence-electron chi connectivity index (χ1n) is 12.9. The third-order valence-electron chi connectivity index (χ3n) is 7.26. The van der Waals surface area contributed by atoms with E-state index in [1.165, 1.54) is 6.33 Å². The highest BCUT2D eigenvalue weighted by Crippen LogP contribution is 2.37. The minimum atomic E-state index is -0.201. The lowest BCUT2D eigenvalue weighted by molar-refractivity contribution is 0.101. The fourth-order valence-electron chi connectivity index (χ4n) is 5.37. The zero-order valence-corrected chi connectivity index (χ0v) is 21.4. The molecule has 5 aromatic rings. The molecule has 4 N–H and O–H groups in total. The quantitative estimate of drug-likeness (QED) is 0.312. The van der Waals surface area contributed by atoms with Crippen molar-refractivity contribution < 1.29 is 9.53 Å². The number of carbonyl (C=O) groups is 1. The second-order valence-corrected chi connectivity index (χ2v) is 9.43. The van der Waals surface area contributed by atoms with E-state index in [4.69, 9.17) is 15.6 Å². The van der Waals surface area contributed by atoms with Gasteiger partial charge in [-0.25, -0.2) is 14.6 Å². The first-order chi connectivity index (χ1) is 18.6. The summed E-state index contributed by atoms with van der Waals surface area (Å²) >= 11 is 0. The molecule has 3 aromatic heterocycles. The Morgan fingerprint density at radius 2 is 1.97 bits per heavy atom. The van der Waals surface area contributed by atoms with E-state index in [1.54, 1.807) is 7.11 Å². The van der Waals surface area contributed by atoms with Crippen LogP contribution in [-0.4, -0.2) is 50.4 Å². The second-order valence-electron chi connectivity index (χ2n) is 9.43. The van der Waals surface area contributed by atoms with Crippen molar-refractivity contribution in [3.8, 4) is 17.0 Å². The van der Waals surface area contributed by atoms with Gasteiger partial charge in [0.15, 0.2) is 5.65 Å². The molecule has 1 amide bonds. The van der Waals surface area contributed by atoms with Crippen molar-refractivity contribution in [2.45, 2.75) is 32.4 Å². The molecule has 6 rings (SSSR count). The molecular weight excluding hydrogens is 480 g/mol. The van der Waals surface area contributed by atoms with E-state index in [9.17, 15) is 4.79 Å². The van der Waals surface area contributed by atoms with Crippen LogP contribution in [0.5, 0.6) is 5.75 Å². The lowest BCUT2D eigenvalue weighted by atomic mass is 10.1. The van der Waals surface area contributed by atoms with Crippen molar-refractivity contribution in [2.75, 3.05) is 31.2 Å². The Bertz CT molecular complexity index is 1650. The van der Waals surface area contributed by atoms with Crippen molar-refractivity contribution in [2.24, 2.45) is 0 Å². The smallest absolute Gasteiger partial charge is 0.272 e. The monoisotopic (exact) mass is 510 g/mol. The van der Waals surface area contributed by atoms with Crippen molar-refractivity contribution in [3.63, 3.8) is 0 Å². The van der Waals surface area contributed by atoms with Gasteiger partial charge in [0.1, 0.15) is 29.3 Å². The molecule has 0 saturated carbocycles. The molecule has 0 aliphatic carbocycles. The number of piperidine rings is 1. The fraction of sp³-hybridized carbons (Fsp3) is 0.286. The van der Waals surface area contributed by atoms with E-state index in [-0.39, 0.29) is 11.9 Å². The SMILES string of the molecule is CCn1c(C(=O)Nc2ccc(-c3nn(C4CCNCC4)c4ncnc(N)c34)cc2OC)cc2ccccc21. The van der Waals surface area contributed by atoms with Gasteiger partial charge in [0.25, 0.3) is 5.91 Å². The number of nitrogens with two attached hydrogens (primary N) is 1. The van der Waals surface area contributed by atoms with Crippen LogP contribution in [0.3, 0.4) is 0 Å². The van der Waals surface area contributed by atoms with Gasteiger partial charge in [0.05, 0.1) is 24.2 Å². The number of fused-ring (bicyclic) bond motifs is 2. The number of para-hydroxylation sites is 1. The minimum absolute atomic E-state index is 0.201. The molecule has 0 radical (unpaired) electrons. The molecule has 2 aromatic carbocycles. The van der Waals surface area contributed by atoms with E-state index in [2.05, 4.69) is 20.6 Å². The average Bonchev–Trinajstić information content (AvgIpc) is 3.53. The molecule has 1 aliphatic heterocycles. The molecule has 0 unspecified atom stereocenters. The number of hydrogen-bond donors (Lipinski definition) is 3. The summed E-state index contributed by atoms with van der Waals surface area (Å²) in [7, 11) is 1.58. The summed E-state index contributed by atoms with van der Waals surface area (Å²) in [6, 6.07) is 15.7. The Hall–Kier alpha value is -4.44. The number of methoxy groups -OCH3 is 1. The molecule has 1 saturated heterocycles. The van der Waals surface area contributed by atoms with Crippen LogP contribution in [0.25, 0.3) is 33.2 Å². The van der Waals surface area contributed by atoms with Gasteiger partial charge in [-0.3, -0.25) is 4.79 Å². The number of hydrogen-bond acceptors (Lipinski definition) is 7. The summed E-state index contributed by atoms with van der Waals surface area (Å²) in [6.45, 7) is 4.58. The van der Waals surface area contributed by atoms with Crippen LogP contribution >= 0.6 is 0 Å². The molecule has 194 valence electrons. The number of aryl methyl sites for hydroxylation is 1. The Morgan fingerprint density at radius 3 is 2.76 bits per heavy atom. The van der Waals surface area contributed by atoms with Crippen LogP contribution in [0.1, 0.15) is 36.3 Å². The van der Waals surface area contributed by atoms with E-state index in [0.717, 1.165) is 53.4 Å². The maximum atomic E-state index is 13.3. The van der Waals surface area contributed by atoms with Gasteiger partial charge in [0.2, 0.25) is 0 Å². The largest absolute Gasteiger partial charge is 0.495 e. The molecule has 0 spiro atoms. The van der Waals surface area contributed by atoms with Gasteiger partial charge in [-0.15, -0.1) is 0 Å². The van der Waals surface area contributed by atoms with Gasteiger partial charge < -0.3 is 25.7 Å². The standard InChI is InChI=1S/C28H30N8O2/c1-3-35-21-7-5-4-6-17(21)14-22(35)28(37)33-20-9-8-18(15-23(20)38-2)25-24-26(29)31-16-32-27(24)36(34-25)19-10-12-30-13-11-19/h4-9,14-16,19,30H,3,10-13H2,1-2H3,(H,33,37)(H2,29,31,32). The third-order valence-corrected chi connectivity index (χ3v) is 7.26. The zero-order chi connectivity index (χ0) is 26.2. The summed E-state index contributed by atoms with van der Waals surface area (Å²) in [5.74, 6) is 0.705. The molecule has 10 heteroatoms. The van der Waals surface area contributed by atoms with E-state index in [0.29, 0.717) is 35.2 Å². The first kappa shape index (κ1) is 23.9. The Morgan fingerprint density at radius 1 is 1.16 bits per heavy atom. The highest BCUT2D eigenvalue weighted by Gasteiger charge is 2.24. The minimum Gasteiger partial charge on any atom is -0.495 e. The van der Waals surface area contributed by atoms with E-state index >= 15 is 0 Å². The average molecular weight is 511 g/mol.